The molecule has 1 aliphatic carbocycles. The van der Waals surface area contributed by atoms with Crippen LogP contribution in [0.25, 0.3) is 0 Å². The van der Waals surface area contributed by atoms with Crippen molar-refractivity contribution in [1.82, 2.24) is 9.29 Å². The van der Waals surface area contributed by atoms with Crippen LogP contribution in [0, 0.1) is 11.6 Å². The highest BCUT2D eigenvalue weighted by atomic mass is 32.2. The van der Waals surface area contributed by atoms with Crippen molar-refractivity contribution in [2.24, 2.45) is 0 Å². The van der Waals surface area contributed by atoms with Crippen LogP contribution in [0.4, 0.5) is 8.78 Å². The van der Waals surface area contributed by atoms with E-state index in [-0.39, 0.29) is 12.6 Å². The van der Waals surface area contributed by atoms with Crippen LogP contribution in [0.15, 0.2) is 47.6 Å². The molecule has 1 aromatic heterocycles. The van der Waals surface area contributed by atoms with Crippen molar-refractivity contribution < 1.29 is 17.2 Å². The summed E-state index contributed by atoms with van der Waals surface area (Å²) in [6.07, 6.45) is 4.58. The quantitative estimate of drug-likeness (QED) is 0.850. The third-order valence-electron chi connectivity index (χ3n) is 3.52. The third kappa shape index (κ3) is 3.00. The number of hydrogen-bond acceptors (Lipinski definition) is 3. The minimum absolute atomic E-state index is 0.117. The van der Waals surface area contributed by atoms with E-state index < -0.39 is 26.6 Å². The highest BCUT2D eigenvalue weighted by molar-refractivity contribution is 7.89. The standard InChI is InChI=1S/C15H14F2N2O2S/c16-12-1-4-14(17)15(9-12)22(20,21)19(13-2-3-13)10-11-5-7-18-8-6-11/h1,4-9,13H,2-3,10H2. The summed E-state index contributed by atoms with van der Waals surface area (Å²) in [5.74, 6) is -1.72. The molecule has 22 heavy (non-hydrogen) atoms. The van der Waals surface area contributed by atoms with Gasteiger partial charge in [-0.25, -0.2) is 17.2 Å². The molecule has 7 heteroatoms. The van der Waals surface area contributed by atoms with Crippen LogP contribution in [0.3, 0.4) is 0 Å². The van der Waals surface area contributed by atoms with Crippen LogP contribution in [-0.2, 0) is 16.6 Å². The fourth-order valence-corrected chi connectivity index (χ4v) is 3.99. The molecule has 0 unspecified atom stereocenters. The smallest absolute Gasteiger partial charge is 0.246 e. The van der Waals surface area contributed by atoms with Crippen molar-refractivity contribution in [3.05, 3.63) is 59.9 Å². The zero-order valence-electron chi connectivity index (χ0n) is 11.6. The molecule has 3 rings (SSSR count). The Kier molecular flexibility index (Phi) is 3.92. The summed E-state index contributed by atoms with van der Waals surface area (Å²) in [6, 6.07) is 5.70. The Bertz CT molecular complexity index is 777. The van der Waals surface area contributed by atoms with Crippen LogP contribution in [0.1, 0.15) is 18.4 Å². The number of hydrogen-bond donors (Lipinski definition) is 0. The van der Waals surface area contributed by atoms with Gasteiger partial charge in [0.15, 0.2) is 0 Å². The van der Waals surface area contributed by atoms with Crippen LogP contribution in [0.5, 0.6) is 0 Å². The molecule has 0 saturated heterocycles. The van der Waals surface area contributed by atoms with E-state index in [1.165, 1.54) is 4.31 Å². The van der Waals surface area contributed by atoms with Crippen molar-refractivity contribution in [2.75, 3.05) is 0 Å². The maximum Gasteiger partial charge on any atom is 0.246 e. The molecular formula is C15H14F2N2O2S. The second-order valence-corrected chi connectivity index (χ2v) is 7.07. The van der Waals surface area contributed by atoms with Crippen LogP contribution in [-0.4, -0.2) is 23.7 Å². The van der Waals surface area contributed by atoms with Crippen molar-refractivity contribution >= 4 is 10.0 Å². The lowest BCUT2D eigenvalue weighted by Crippen LogP contribution is -2.33. The number of sulfonamides is 1. The van der Waals surface area contributed by atoms with Gasteiger partial charge in [-0.15, -0.1) is 0 Å². The van der Waals surface area contributed by atoms with Gasteiger partial charge in [-0.2, -0.15) is 4.31 Å². The van der Waals surface area contributed by atoms with E-state index >= 15 is 0 Å². The summed E-state index contributed by atoms with van der Waals surface area (Å²) in [5.41, 5.74) is 0.752. The zero-order valence-corrected chi connectivity index (χ0v) is 12.4. The Morgan fingerprint density at radius 3 is 2.45 bits per heavy atom. The fourth-order valence-electron chi connectivity index (χ4n) is 2.24. The van der Waals surface area contributed by atoms with Gasteiger partial charge >= 0.3 is 0 Å². The minimum Gasteiger partial charge on any atom is -0.265 e. The van der Waals surface area contributed by atoms with Crippen LogP contribution in [0.2, 0.25) is 0 Å². The van der Waals surface area contributed by atoms with Gasteiger partial charge in [-0.05, 0) is 48.7 Å². The first kappa shape index (κ1) is 15.1. The van der Waals surface area contributed by atoms with Gasteiger partial charge < -0.3 is 0 Å². The first-order chi connectivity index (χ1) is 10.5. The van der Waals surface area contributed by atoms with Gasteiger partial charge in [0.25, 0.3) is 0 Å². The number of rotatable bonds is 5. The highest BCUT2D eigenvalue weighted by Crippen LogP contribution is 2.34. The van der Waals surface area contributed by atoms with E-state index in [9.17, 15) is 17.2 Å². The average molecular weight is 324 g/mol. The Morgan fingerprint density at radius 1 is 1.14 bits per heavy atom. The van der Waals surface area contributed by atoms with Crippen LogP contribution >= 0.6 is 0 Å². The van der Waals surface area contributed by atoms with Gasteiger partial charge in [0, 0.05) is 25.0 Å². The van der Waals surface area contributed by atoms with Crippen molar-refractivity contribution in [1.29, 1.82) is 0 Å². The maximum atomic E-state index is 13.9. The van der Waals surface area contributed by atoms with Gasteiger partial charge in [0.1, 0.15) is 16.5 Å². The monoisotopic (exact) mass is 324 g/mol. The summed E-state index contributed by atoms with van der Waals surface area (Å²) < 4.78 is 53.8. The zero-order chi connectivity index (χ0) is 15.7. The second-order valence-electron chi connectivity index (χ2n) is 5.21. The molecule has 1 saturated carbocycles. The van der Waals surface area contributed by atoms with Crippen molar-refractivity contribution in [3.8, 4) is 0 Å². The molecule has 0 atom stereocenters. The summed E-state index contributed by atoms with van der Waals surface area (Å²) in [5, 5.41) is 0. The molecule has 2 aromatic rings. The topological polar surface area (TPSA) is 50.3 Å². The summed E-state index contributed by atoms with van der Waals surface area (Å²) in [4.78, 5) is 3.26. The Morgan fingerprint density at radius 2 is 1.82 bits per heavy atom. The highest BCUT2D eigenvalue weighted by Gasteiger charge is 2.39. The predicted molar refractivity (Wildman–Crippen MR) is 76.3 cm³/mol. The molecule has 0 bridgehead atoms. The molecule has 0 amide bonds. The Hall–Kier alpha value is -1.86. The first-order valence-corrected chi connectivity index (χ1v) is 8.28. The maximum absolute atomic E-state index is 13.9. The molecule has 1 fully saturated rings. The minimum atomic E-state index is -4.09. The van der Waals surface area contributed by atoms with E-state index in [0.717, 1.165) is 36.6 Å². The number of aromatic nitrogens is 1. The second kappa shape index (κ2) is 5.73. The van der Waals surface area contributed by atoms with E-state index in [4.69, 9.17) is 0 Å². The average Bonchev–Trinajstić information content (AvgIpc) is 3.32. The van der Waals surface area contributed by atoms with E-state index in [1.807, 2.05) is 0 Å². The fraction of sp³-hybridized carbons (Fsp3) is 0.267. The SMILES string of the molecule is O=S(=O)(c1cc(F)ccc1F)N(Cc1ccncc1)C1CC1. The normalized spacial score (nSPS) is 15.2. The van der Waals surface area contributed by atoms with Gasteiger partial charge in [0.05, 0.1) is 0 Å². The van der Waals surface area contributed by atoms with Crippen molar-refractivity contribution in [2.45, 2.75) is 30.3 Å². The molecule has 0 aliphatic heterocycles. The van der Waals surface area contributed by atoms with E-state index in [2.05, 4.69) is 4.98 Å². The predicted octanol–water partition coefficient (Wildman–Crippen LogP) is 2.71. The largest absolute Gasteiger partial charge is 0.265 e. The molecule has 116 valence electrons. The molecule has 0 spiro atoms. The summed E-state index contributed by atoms with van der Waals surface area (Å²) in [7, 11) is -4.09. The number of nitrogens with zero attached hydrogens (tertiary/aromatic N) is 2. The summed E-state index contributed by atoms with van der Waals surface area (Å²) in [6.45, 7) is 0.117. The van der Waals surface area contributed by atoms with Crippen molar-refractivity contribution in [3.63, 3.8) is 0 Å². The third-order valence-corrected chi connectivity index (χ3v) is 5.44. The first-order valence-electron chi connectivity index (χ1n) is 6.84. The number of halogens is 2. The van der Waals surface area contributed by atoms with Gasteiger partial charge in [-0.1, -0.05) is 0 Å². The Balaban J connectivity index is 1.98. The van der Waals surface area contributed by atoms with Gasteiger partial charge in [-0.3, -0.25) is 4.98 Å². The molecule has 0 N–H and O–H groups in total. The molecule has 0 radical (unpaired) electrons. The van der Waals surface area contributed by atoms with E-state index in [0.29, 0.717) is 0 Å². The Labute approximate surface area is 127 Å². The molecule has 1 aromatic carbocycles. The number of benzene rings is 1. The molecule has 1 heterocycles. The molecule has 1 aliphatic rings. The molecular weight excluding hydrogens is 310 g/mol. The molecule has 4 nitrogen and oxygen atoms in total. The van der Waals surface area contributed by atoms with Crippen LogP contribution < -0.4 is 0 Å². The number of pyridine rings is 1. The van der Waals surface area contributed by atoms with E-state index in [1.54, 1.807) is 24.5 Å². The lowest BCUT2D eigenvalue weighted by Gasteiger charge is -2.22. The van der Waals surface area contributed by atoms with Gasteiger partial charge in [0.2, 0.25) is 10.0 Å². The lowest BCUT2D eigenvalue weighted by molar-refractivity contribution is 0.394. The lowest BCUT2D eigenvalue weighted by atomic mass is 10.3. The summed E-state index contributed by atoms with van der Waals surface area (Å²) >= 11 is 0.